The summed E-state index contributed by atoms with van der Waals surface area (Å²) in [5, 5.41) is 3.96. The average Bonchev–Trinajstić information content (AvgIpc) is 3.32. The summed E-state index contributed by atoms with van der Waals surface area (Å²) < 4.78 is 1.18. The van der Waals surface area contributed by atoms with Crippen LogP contribution in [0.15, 0.2) is 30.5 Å². The summed E-state index contributed by atoms with van der Waals surface area (Å²) >= 11 is 1.79. The number of nitrogen functional groups attached to an aromatic ring is 1. The van der Waals surface area contributed by atoms with Crippen LogP contribution in [0.1, 0.15) is 68.1 Å². The zero-order valence-electron chi connectivity index (χ0n) is 22.7. The van der Waals surface area contributed by atoms with Gasteiger partial charge in [0.25, 0.3) is 0 Å². The van der Waals surface area contributed by atoms with Crippen molar-refractivity contribution in [1.29, 1.82) is 0 Å². The Kier molecular flexibility index (Phi) is 7.68. The van der Waals surface area contributed by atoms with Crippen molar-refractivity contribution in [3.05, 3.63) is 46.6 Å². The molecule has 2 amide bonds. The lowest BCUT2D eigenvalue weighted by molar-refractivity contribution is -0.146. The van der Waals surface area contributed by atoms with Crippen LogP contribution in [0.25, 0.3) is 10.2 Å². The Labute approximate surface area is 228 Å². The van der Waals surface area contributed by atoms with Crippen LogP contribution in [0.4, 0.5) is 11.5 Å². The number of benzene rings is 1. The molecule has 0 bridgehead atoms. The Morgan fingerprint density at radius 3 is 2.74 bits per heavy atom. The first kappa shape index (κ1) is 26.6. The minimum Gasteiger partial charge on any atom is -0.383 e. The summed E-state index contributed by atoms with van der Waals surface area (Å²) in [6.07, 6.45) is 5.14. The van der Waals surface area contributed by atoms with E-state index in [9.17, 15) is 9.59 Å². The van der Waals surface area contributed by atoms with Crippen LogP contribution < -0.4 is 11.1 Å². The number of aryl methyl sites for hydroxylation is 1. The summed E-state index contributed by atoms with van der Waals surface area (Å²) in [7, 11) is 2.19. The zero-order valence-corrected chi connectivity index (χ0v) is 23.6. The van der Waals surface area contributed by atoms with Crippen molar-refractivity contribution in [2.75, 3.05) is 37.7 Å². The number of pyridine rings is 1. The molecular formula is C29H38N6O2S. The van der Waals surface area contributed by atoms with Crippen LogP contribution >= 0.6 is 11.3 Å². The fourth-order valence-corrected chi connectivity index (χ4v) is 7.18. The van der Waals surface area contributed by atoms with Crippen LogP contribution in [0.5, 0.6) is 0 Å². The van der Waals surface area contributed by atoms with E-state index in [2.05, 4.69) is 54.3 Å². The van der Waals surface area contributed by atoms with E-state index >= 15 is 0 Å². The number of anilines is 2. The maximum Gasteiger partial charge on any atom is 0.313 e. The van der Waals surface area contributed by atoms with Gasteiger partial charge in [0.05, 0.1) is 33.2 Å². The van der Waals surface area contributed by atoms with E-state index in [4.69, 9.17) is 10.7 Å². The van der Waals surface area contributed by atoms with Crippen LogP contribution in [0.3, 0.4) is 0 Å². The molecule has 0 aliphatic carbocycles. The molecule has 2 fully saturated rings. The second-order valence-electron chi connectivity index (χ2n) is 11.1. The van der Waals surface area contributed by atoms with Crippen molar-refractivity contribution in [3.63, 3.8) is 0 Å². The molecule has 2 aliphatic heterocycles. The van der Waals surface area contributed by atoms with Gasteiger partial charge in [-0.2, -0.15) is 0 Å². The predicted molar refractivity (Wildman–Crippen MR) is 153 cm³/mol. The number of nitrogens with two attached hydrogens (primary N) is 1. The molecule has 2 saturated heterocycles. The smallest absolute Gasteiger partial charge is 0.313 e. The van der Waals surface area contributed by atoms with Crippen LogP contribution in [-0.2, 0) is 16.0 Å². The summed E-state index contributed by atoms with van der Waals surface area (Å²) in [6.45, 7) is 9.16. The molecule has 2 aromatic heterocycles. The van der Waals surface area contributed by atoms with E-state index in [1.165, 1.54) is 15.9 Å². The van der Waals surface area contributed by atoms with Crippen LogP contribution in [-0.4, -0.2) is 58.3 Å². The number of piperidine rings is 2. The first-order valence-electron chi connectivity index (χ1n) is 13.7. The second-order valence-corrected chi connectivity index (χ2v) is 12.2. The highest BCUT2D eigenvalue weighted by Crippen LogP contribution is 2.39. The number of thiazole rings is 1. The first-order chi connectivity index (χ1) is 18.2. The third-order valence-electron chi connectivity index (χ3n) is 8.15. The molecule has 8 nitrogen and oxygen atoms in total. The minimum absolute atomic E-state index is 0.156. The van der Waals surface area contributed by atoms with Crippen LogP contribution in [0, 0.1) is 11.8 Å². The number of rotatable bonds is 4. The molecule has 3 N–H and O–H groups in total. The molecule has 0 saturated carbocycles. The predicted octanol–water partition coefficient (Wildman–Crippen LogP) is 4.83. The molecule has 3 aromatic rings. The molecule has 4 atom stereocenters. The lowest BCUT2D eigenvalue weighted by Crippen LogP contribution is -2.46. The van der Waals surface area contributed by atoms with E-state index in [0.717, 1.165) is 49.0 Å². The van der Waals surface area contributed by atoms with Crippen molar-refractivity contribution in [3.8, 4) is 0 Å². The average molecular weight is 535 g/mol. The number of carbonyl (C=O) groups is 2. The highest BCUT2D eigenvalue weighted by Gasteiger charge is 2.35. The van der Waals surface area contributed by atoms with Crippen molar-refractivity contribution in [2.45, 2.75) is 58.4 Å². The zero-order chi connectivity index (χ0) is 27.0. The van der Waals surface area contributed by atoms with E-state index in [-0.39, 0.29) is 6.04 Å². The Balaban J connectivity index is 1.37. The molecule has 0 spiro atoms. The third kappa shape index (κ3) is 5.40. The Morgan fingerprint density at radius 1 is 1.16 bits per heavy atom. The third-order valence-corrected chi connectivity index (χ3v) is 9.32. The topological polar surface area (TPSA) is 104 Å². The van der Waals surface area contributed by atoms with E-state index in [0.29, 0.717) is 42.2 Å². The van der Waals surface area contributed by atoms with Gasteiger partial charge in [0, 0.05) is 19.0 Å². The second kappa shape index (κ2) is 11.0. The number of carbonyl (C=O) groups excluding carboxylic acids is 2. The fourth-order valence-electron chi connectivity index (χ4n) is 5.96. The van der Waals surface area contributed by atoms with Crippen molar-refractivity contribution >= 4 is 44.9 Å². The van der Waals surface area contributed by atoms with E-state index in [1.54, 1.807) is 22.3 Å². The van der Waals surface area contributed by atoms with Gasteiger partial charge < -0.3 is 20.9 Å². The van der Waals surface area contributed by atoms with E-state index in [1.807, 2.05) is 6.92 Å². The number of hydrogen-bond acceptors (Lipinski definition) is 7. The number of aromatic nitrogens is 2. The van der Waals surface area contributed by atoms with E-state index < -0.39 is 11.8 Å². The SMILES string of the molecule is CCc1cc(NC(=O)C(=O)N2C[C@@H](C)CC[C@@H]2c2ccc3sc([C@@H]4CCN(C)C[C@H]4C)nc3c2)cnc1N. The molecule has 1 aromatic carbocycles. The van der Waals surface area contributed by atoms with Crippen molar-refractivity contribution < 1.29 is 9.59 Å². The molecule has 5 rings (SSSR count). The molecule has 2 aliphatic rings. The van der Waals surface area contributed by atoms with Gasteiger partial charge >= 0.3 is 11.8 Å². The molecule has 4 heterocycles. The van der Waals surface area contributed by atoms with Gasteiger partial charge in [-0.05, 0) is 80.4 Å². The van der Waals surface area contributed by atoms with Gasteiger partial charge in [-0.3, -0.25) is 9.59 Å². The Morgan fingerprint density at radius 2 is 1.97 bits per heavy atom. The Hall–Kier alpha value is -3.04. The molecular weight excluding hydrogens is 496 g/mol. The summed E-state index contributed by atoms with van der Waals surface area (Å²) in [4.78, 5) is 39.8. The van der Waals surface area contributed by atoms with Gasteiger partial charge in [0.1, 0.15) is 5.82 Å². The largest absolute Gasteiger partial charge is 0.383 e. The van der Waals surface area contributed by atoms with Crippen molar-refractivity contribution in [2.24, 2.45) is 11.8 Å². The van der Waals surface area contributed by atoms with Gasteiger partial charge in [-0.1, -0.05) is 26.8 Å². The molecule has 38 heavy (non-hydrogen) atoms. The number of amides is 2. The highest BCUT2D eigenvalue weighted by molar-refractivity contribution is 7.18. The van der Waals surface area contributed by atoms with Gasteiger partial charge in [0.15, 0.2) is 0 Å². The highest BCUT2D eigenvalue weighted by atomic mass is 32.1. The number of fused-ring (bicyclic) bond motifs is 1. The van der Waals surface area contributed by atoms with Gasteiger partial charge in [0.2, 0.25) is 0 Å². The maximum absolute atomic E-state index is 13.4. The lowest BCUT2D eigenvalue weighted by Gasteiger charge is -2.38. The molecule has 202 valence electrons. The quantitative estimate of drug-likeness (QED) is 0.465. The normalized spacial score (nSPS) is 24.5. The number of hydrogen-bond donors (Lipinski definition) is 2. The standard InChI is InChI=1S/C29H38N6O2S/c1-5-19-12-21(14-31-26(19)30)32-27(36)29(37)35-15-17(2)6-8-24(35)20-7-9-25-23(13-20)33-28(38-25)22-10-11-34(4)16-18(22)3/h7,9,12-14,17-18,22,24H,5-6,8,10-11,15-16H2,1-4H3,(H2,30,31)(H,32,36)/t17-,18+,22+,24+/m0/s1. The molecule has 0 unspecified atom stereocenters. The van der Waals surface area contributed by atoms with Gasteiger partial charge in [-0.25, -0.2) is 9.97 Å². The van der Waals surface area contributed by atoms with Crippen molar-refractivity contribution in [1.82, 2.24) is 19.8 Å². The number of likely N-dealkylation sites (tertiary alicyclic amines) is 2. The fraction of sp³-hybridized carbons (Fsp3) is 0.517. The lowest BCUT2D eigenvalue weighted by atomic mass is 9.87. The van der Waals surface area contributed by atoms with Crippen LogP contribution in [0.2, 0.25) is 0 Å². The summed E-state index contributed by atoms with van der Waals surface area (Å²) in [5.41, 5.74) is 9.25. The minimum atomic E-state index is -0.647. The number of nitrogens with one attached hydrogen (secondary N) is 1. The monoisotopic (exact) mass is 534 g/mol. The Bertz CT molecular complexity index is 1340. The summed E-state index contributed by atoms with van der Waals surface area (Å²) in [6, 6.07) is 8.00. The summed E-state index contributed by atoms with van der Waals surface area (Å²) in [5.74, 6) is 0.660. The molecule has 0 radical (unpaired) electrons. The maximum atomic E-state index is 13.4. The number of nitrogens with zero attached hydrogens (tertiary/aromatic N) is 4. The van der Waals surface area contributed by atoms with Gasteiger partial charge in [-0.15, -0.1) is 11.3 Å². The first-order valence-corrected chi connectivity index (χ1v) is 14.5. The molecule has 9 heteroatoms.